The Morgan fingerprint density at radius 3 is 1.86 bits per heavy atom. The van der Waals surface area contributed by atoms with Crippen molar-refractivity contribution in [3.8, 4) is 5.75 Å². The molecule has 3 nitrogen and oxygen atoms in total. The van der Waals surface area contributed by atoms with Gasteiger partial charge < -0.3 is 4.74 Å². The summed E-state index contributed by atoms with van der Waals surface area (Å²) in [4.78, 5) is 8.80. The molecule has 0 N–H and O–H groups in total. The fourth-order valence-corrected chi connectivity index (χ4v) is 4.98. The van der Waals surface area contributed by atoms with E-state index in [2.05, 4.69) is 55.0 Å². The maximum atomic E-state index is 6.57. The van der Waals surface area contributed by atoms with Gasteiger partial charge in [-0.25, -0.2) is 0 Å². The van der Waals surface area contributed by atoms with Crippen LogP contribution in [-0.4, -0.2) is 16.1 Å². The summed E-state index contributed by atoms with van der Waals surface area (Å²) >= 11 is 0. The van der Waals surface area contributed by atoms with Gasteiger partial charge in [0.25, 0.3) is 0 Å². The standard InChI is InChI=1S/C33H54N2O/c1-4-6-8-10-12-14-15-17-19-29(3)33(27-31-28-34-25-26-35-31)36-32-23-21-30(22-24-32)20-18-16-13-11-9-7-5-2/h21-26,28-29,33H,4-20,27H2,1-3H3. The van der Waals surface area contributed by atoms with Crippen molar-refractivity contribution in [1.82, 2.24) is 9.97 Å². The first-order chi connectivity index (χ1) is 17.7. The van der Waals surface area contributed by atoms with Gasteiger partial charge in [-0.2, -0.15) is 0 Å². The highest BCUT2D eigenvalue weighted by molar-refractivity contribution is 5.27. The summed E-state index contributed by atoms with van der Waals surface area (Å²) in [5.74, 6) is 1.47. The molecule has 0 saturated carbocycles. The zero-order chi connectivity index (χ0) is 25.7. The average Bonchev–Trinajstić information content (AvgIpc) is 2.90. The SMILES string of the molecule is CCCCCCCCCCC(C)C(Cc1cnccn1)Oc1ccc(CCCCCCCCC)cc1. The Hall–Kier alpha value is -1.90. The minimum absolute atomic E-state index is 0.125. The molecule has 1 heterocycles. The highest BCUT2D eigenvalue weighted by Crippen LogP contribution is 2.24. The van der Waals surface area contributed by atoms with E-state index in [9.17, 15) is 0 Å². The molecule has 0 aliphatic heterocycles. The number of ether oxygens (including phenoxy) is 1. The summed E-state index contributed by atoms with van der Waals surface area (Å²) in [5, 5.41) is 0. The number of hydrogen-bond acceptors (Lipinski definition) is 3. The van der Waals surface area contributed by atoms with Crippen LogP contribution in [0.3, 0.4) is 0 Å². The summed E-state index contributed by atoms with van der Waals surface area (Å²) in [7, 11) is 0. The Labute approximate surface area is 222 Å². The van der Waals surface area contributed by atoms with Crippen molar-refractivity contribution in [2.24, 2.45) is 5.92 Å². The quantitative estimate of drug-likeness (QED) is 0.153. The van der Waals surface area contributed by atoms with Crippen molar-refractivity contribution < 1.29 is 4.74 Å². The molecule has 0 aliphatic carbocycles. The maximum Gasteiger partial charge on any atom is 0.119 e. The first kappa shape index (κ1) is 30.3. The van der Waals surface area contributed by atoms with Gasteiger partial charge in [0.05, 0.1) is 5.69 Å². The normalized spacial score (nSPS) is 13.0. The second kappa shape index (κ2) is 20.2. The summed E-state index contributed by atoms with van der Waals surface area (Å²) in [5.41, 5.74) is 2.44. The van der Waals surface area contributed by atoms with E-state index in [0.29, 0.717) is 5.92 Å². The fourth-order valence-electron chi connectivity index (χ4n) is 4.98. The van der Waals surface area contributed by atoms with Gasteiger partial charge in [-0.1, -0.05) is 123 Å². The van der Waals surface area contributed by atoms with Gasteiger partial charge in [0, 0.05) is 25.0 Å². The molecule has 36 heavy (non-hydrogen) atoms. The van der Waals surface area contributed by atoms with E-state index in [1.807, 2.05) is 6.20 Å². The monoisotopic (exact) mass is 494 g/mol. The number of aromatic nitrogens is 2. The molecule has 2 unspecified atom stereocenters. The maximum absolute atomic E-state index is 6.57. The Morgan fingerprint density at radius 2 is 1.28 bits per heavy atom. The van der Waals surface area contributed by atoms with E-state index < -0.39 is 0 Å². The molecule has 0 aliphatic rings. The van der Waals surface area contributed by atoms with Crippen molar-refractivity contribution in [2.45, 2.75) is 142 Å². The van der Waals surface area contributed by atoms with Gasteiger partial charge in [0.2, 0.25) is 0 Å². The first-order valence-corrected chi connectivity index (χ1v) is 15.2. The number of benzene rings is 1. The van der Waals surface area contributed by atoms with Gasteiger partial charge >= 0.3 is 0 Å². The lowest BCUT2D eigenvalue weighted by Gasteiger charge is -2.25. The molecule has 202 valence electrons. The van der Waals surface area contributed by atoms with Crippen LogP contribution in [0.25, 0.3) is 0 Å². The molecule has 1 aromatic heterocycles. The molecule has 0 fully saturated rings. The summed E-state index contributed by atoms with van der Waals surface area (Å²) in [6.07, 6.45) is 29.1. The lowest BCUT2D eigenvalue weighted by atomic mass is 9.93. The Balaban J connectivity index is 1.79. The Kier molecular flexibility index (Phi) is 17.0. The summed E-state index contributed by atoms with van der Waals surface area (Å²) in [6.45, 7) is 6.91. The topological polar surface area (TPSA) is 35.0 Å². The van der Waals surface area contributed by atoms with Crippen molar-refractivity contribution in [3.63, 3.8) is 0 Å². The molecule has 0 saturated heterocycles. The van der Waals surface area contributed by atoms with Crippen LogP contribution in [-0.2, 0) is 12.8 Å². The molecule has 1 aromatic carbocycles. The van der Waals surface area contributed by atoms with Crippen LogP contribution in [0.15, 0.2) is 42.9 Å². The molecule has 2 atom stereocenters. The predicted molar refractivity (Wildman–Crippen MR) is 155 cm³/mol. The number of aryl methyl sites for hydroxylation is 1. The number of unbranched alkanes of at least 4 members (excludes halogenated alkanes) is 13. The van der Waals surface area contributed by atoms with Crippen LogP contribution in [0.4, 0.5) is 0 Å². The van der Waals surface area contributed by atoms with Gasteiger partial charge in [-0.15, -0.1) is 0 Å². The van der Waals surface area contributed by atoms with Gasteiger partial charge in [0.15, 0.2) is 0 Å². The lowest BCUT2D eigenvalue weighted by molar-refractivity contribution is 0.134. The third kappa shape index (κ3) is 14.0. The minimum atomic E-state index is 0.125. The molecular formula is C33H54N2O. The van der Waals surface area contributed by atoms with E-state index in [4.69, 9.17) is 4.74 Å². The molecule has 0 amide bonds. The number of rotatable bonds is 22. The summed E-state index contributed by atoms with van der Waals surface area (Å²) in [6, 6.07) is 8.86. The number of hydrogen-bond donors (Lipinski definition) is 0. The minimum Gasteiger partial charge on any atom is -0.490 e. The van der Waals surface area contributed by atoms with Crippen LogP contribution in [0, 0.1) is 5.92 Å². The smallest absolute Gasteiger partial charge is 0.119 e. The molecule has 0 radical (unpaired) electrons. The predicted octanol–water partition coefficient (Wildman–Crippen LogP) is 9.93. The van der Waals surface area contributed by atoms with E-state index in [0.717, 1.165) is 17.9 Å². The van der Waals surface area contributed by atoms with Gasteiger partial charge in [0.1, 0.15) is 11.9 Å². The largest absolute Gasteiger partial charge is 0.490 e. The highest BCUT2D eigenvalue weighted by atomic mass is 16.5. The third-order valence-electron chi connectivity index (χ3n) is 7.45. The molecule has 0 bridgehead atoms. The second-order valence-electron chi connectivity index (χ2n) is 10.8. The molecular weight excluding hydrogens is 440 g/mol. The zero-order valence-corrected chi connectivity index (χ0v) is 23.7. The Bertz CT molecular complexity index is 746. The van der Waals surface area contributed by atoms with Crippen LogP contribution < -0.4 is 4.74 Å². The van der Waals surface area contributed by atoms with Crippen molar-refractivity contribution >= 4 is 0 Å². The van der Waals surface area contributed by atoms with E-state index in [-0.39, 0.29) is 6.10 Å². The van der Waals surface area contributed by atoms with E-state index in [1.165, 1.54) is 115 Å². The van der Waals surface area contributed by atoms with Crippen molar-refractivity contribution in [3.05, 3.63) is 54.1 Å². The van der Waals surface area contributed by atoms with Crippen LogP contribution >= 0.6 is 0 Å². The molecule has 0 spiro atoms. The van der Waals surface area contributed by atoms with E-state index in [1.54, 1.807) is 12.4 Å². The average molecular weight is 495 g/mol. The first-order valence-electron chi connectivity index (χ1n) is 15.2. The molecule has 2 rings (SSSR count). The summed E-state index contributed by atoms with van der Waals surface area (Å²) < 4.78 is 6.57. The van der Waals surface area contributed by atoms with Crippen LogP contribution in [0.1, 0.15) is 135 Å². The van der Waals surface area contributed by atoms with E-state index >= 15 is 0 Å². The molecule has 2 aromatic rings. The molecule has 3 heteroatoms. The second-order valence-corrected chi connectivity index (χ2v) is 10.8. The van der Waals surface area contributed by atoms with Crippen LogP contribution in [0.5, 0.6) is 5.75 Å². The van der Waals surface area contributed by atoms with Crippen LogP contribution in [0.2, 0.25) is 0 Å². The fraction of sp³-hybridized carbons (Fsp3) is 0.697. The van der Waals surface area contributed by atoms with Gasteiger partial charge in [-0.05, 0) is 42.9 Å². The highest BCUT2D eigenvalue weighted by Gasteiger charge is 2.20. The van der Waals surface area contributed by atoms with Gasteiger partial charge in [-0.3, -0.25) is 9.97 Å². The number of nitrogens with zero attached hydrogens (tertiary/aromatic N) is 2. The van der Waals surface area contributed by atoms with Crippen molar-refractivity contribution in [2.75, 3.05) is 0 Å². The third-order valence-corrected chi connectivity index (χ3v) is 7.45. The van der Waals surface area contributed by atoms with Crippen molar-refractivity contribution in [1.29, 1.82) is 0 Å². The zero-order valence-electron chi connectivity index (χ0n) is 23.7. The lowest BCUT2D eigenvalue weighted by Crippen LogP contribution is -2.28. The Morgan fingerprint density at radius 1 is 0.694 bits per heavy atom.